The number of rotatable bonds is 9. The van der Waals surface area contributed by atoms with E-state index in [9.17, 15) is 27.5 Å². The minimum Gasteiger partial charge on any atom is -0.496 e. The van der Waals surface area contributed by atoms with E-state index in [0.717, 1.165) is 12.1 Å². The molecule has 1 atom stereocenters. The summed E-state index contributed by atoms with van der Waals surface area (Å²) in [5.74, 6) is -0.835. The van der Waals surface area contributed by atoms with E-state index in [4.69, 9.17) is 9.84 Å². The first kappa shape index (κ1) is 26.5. The molecule has 0 bridgehead atoms. The van der Waals surface area contributed by atoms with E-state index < -0.39 is 41.8 Å². The number of hydrogen-bond acceptors (Lipinski definition) is 4. The average molecular weight is 497 g/mol. The molecular weight excluding hydrogens is 468 g/mol. The highest BCUT2D eigenvalue weighted by Gasteiger charge is 2.56. The summed E-state index contributed by atoms with van der Waals surface area (Å²) in [5, 5.41) is 22.8. The molecule has 2 aromatic carbocycles. The Bertz CT molecular complexity index is 1210. The van der Waals surface area contributed by atoms with Crippen molar-refractivity contribution in [1.82, 2.24) is 10.3 Å². The first-order valence-electron chi connectivity index (χ1n) is 10.9. The fourth-order valence-electron chi connectivity index (χ4n) is 4.31. The number of ether oxygens (including phenoxy) is 1. The molecular formula is C25H28F4N2O4. The molecule has 10 heteroatoms. The molecule has 4 N–H and O–H groups in total. The van der Waals surface area contributed by atoms with Gasteiger partial charge in [-0.3, -0.25) is 4.79 Å². The van der Waals surface area contributed by atoms with Crippen molar-refractivity contribution < 1.29 is 37.3 Å². The maximum absolute atomic E-state index is 14.2. The Labute approximate surface area is 199 Å². The number of benzene rings is 2. The topological polar surface area (TPSA) is 94.6 Å². The predicted octanol–water partition coefficient (Wildman–Crippen LogP) is 4.24. The van der Waals surface area contributed by atoms with Crippen LogP contribution in [0.15, 0.2) is 42.5 Å². The molecule has 3 rings (SSSR count). The third-order valence-electron chi connectivity index (χ3n) is 5.97. The van der Waals surface area contributed by atoms with Gasteiger partial charge < -0.3 is 25.3 Å². The van der Waals surface area contributed by atoms with E-state index in [1.165, 1.54) is 45.2 Å². The Kier molecular flexibility index (Phi) is 7.47. The zero-order chi connectivity index (χ0) is 26.0. The van der Waals surface area contributed by atoms with Crippen LogP contribution in [0.5, 0.6) is 5.75 Å². The van der Waals surface area contributed by atoms with Crippen LogP contribution >= 0.6 is 0 Å². The normalized spacial score (nSPS) is 14.1. The number of carbonyl (C=O) groups is 1. The number of aliphatic hydroxyl groups is 2. The van der Waals surface area contributed by atoms with Crippen molar-refractivity contribution in [2.45, 2.75) is 43.9 Å². The zero-order valence-corrected chi connectivity index (χ0v) is 19.6. The van der Waals surface area contributed by atoms with Crippen molar-refractivity contribution in [2.75, 3.05) is 20.3 Å². The Hall–Kier alpha value is -3.11. The molecule has 0 radical (unpaired) electrons. The highest BCUT2D eigenvalue weighted by atomic mass is 19.4. The fraction of sp³-hybridized carbons (Fsp3) is 0.400. The minimum absolute atomic E-state index is 0.0692. The van der Waals surface area contributed by atoms with Crippen LogP contribution in [0, 0.1) is 5.82 Å². The number of aromatic amines is 1. The number of fused-ring (bicyclic) bond motifs is 1. The van der Waals surface area contributed by atoms with E-state index >= 15 is 0 Å². The maximum atomic E-state index is 14.2. The Balaban J connectivity index is 1.94. The second-order valence-electron chi connectivity index (χ2n) is 9.19. The molecule has 1 heterocycles. The zero-order valence-electron chi connectivity index (χ0n) is 19.6. The van der Waals surface area contributed by atoms with Gasteiger partial charge in [-0.1, -0.05) is 13.8 Å². The Morgan fingerprint density at radius 3 is 2.46 bits per heavy atom. The summed E-state index contributed by atoms with van der Waals surface area (Å²) >= 11 is 0. The lowest BCUT2D eigenvalue weighted by Crippen LogP contribution is -2.51. The number of amides is 1. The van der Waals surface area contributed by atoms with Crippen molar-refractivity contribution in [2.24, 2.45) is 0 Å². The van der Waals surface area contributed by atoms with E-state index in [1.807, 2.05) is 0 Å². The third kappa shape index (κ3) is 5.76. The Morgan fingerprint density at radius 1 is 1.11 bits per heavy atom. The second kappa shape index (κ2) is 9.87. The molecule has 35 heavy (non-hydrogen) atoms. The lowest BCUT2D eigenvalue weighted by Gasteiger charge is -2.38. The fourth-order valence-corrected chi connectivity index (χ4v) is 4.31. The van der Waals surface area contributed by atoms with Gasteiger partial charge in [-0.15, -0.1) is 0 Å². The molecule has 190 valence electrons. The van der Waals surface area contributed by atoms with Crippen LogP contribution in [0.2, 0.25) is 0 Å². The number of aromatic nitrogens is 1. The number of halogens is 4. The van der Waals surface area contributed by atoms with Gasteiger partial charge in [0.15, 0.2) is 5.60 Å². The Morgan fingerprint density at radius 2 is 1.83 bits per heavy atom. The first-order valence-corrected chi connectivity index (χ1v) is 10.9. The average Bonchev–Trinajstić information content (AvgIpc) is 3.17. The molecule has 0 aliphatic carbocycles. The highest BCUT2D eigenvalue weighted by molar-refractivity contribution is 5.98. The number of carbonyl (C=O) groups excluding carboxylic acids is 1. The van der Waals surface area contributed by atoms with Gasteiger partial charge in [-0.2, -0.15) is 13.2 Å². The minimum atomic E-state index is -4.99. The molecule has 0 aliphatic rings. The molecule has 1 unspecified atom stereocenters. The van der Waals surface area contributed by atoms with Crippen LogP contribution in [0.4, 0.5) is 17.6 Å². The van der Waals surface area contributed by atoms with Gasteiger partial charge >= 0.3 is 6.18 Å². The van der Waals surface area contributed by atoms with Gasteiger partial charge in [0.1, 0.15) is 11.6 Å². The molecule has 0 aliphatic heterocycles. The van der Waals surface area contributed by atoms with Gasteiger partial charge in [0, 0.05) is 40.7 Å². The van der Waals surface area contributed by atoms with E-state index in [-0.39, 0.29) is 35.7 Å². The van der Waals surface area contributed by atoms with Crippen LogP contribution in [0.3, 0.4) is 0 Å². The first-order chi connectivity index (χ1) is 16.3. The van der Waals surface area contributed by atoms with Crippen LogP contribution in [-0.2, 0) is 11.8 Å². The smallest absolute Gasteiger partial charge is 0.417 e. The van der Waals surface area contributed by atoms with E-state index in [0.29, 0.717) is 10.9 Å². The number of alkyl halides is 3. The molecule has 0 saturated carbocycles. The monoisotopic (exact) mass is 496 g/mol. The lowest BCUT2D eigenvalue weighted by molar-refractivity contribution is -0.266. The van der Waals surface area contributed by atoms with Gasteiger partial charge in [-0.25, -0.2) is 4.39 Å². The van der Waals surface area contributed by atoms with Crippen LogP contribution in [-0.4, -0.2) is 53.1 Å². The van der Waals surface area contributed by atoms with Gasteiger partial charge in [0.2, 0.25) is 0 Å². The lowest BCUT2D eigenvalue weighted by atomic mass is 9.73. The summed E-state index contributed by atoms with van der Waals surface area (Å²) < 4.78 is 61.7. The second-order valence-corrected chi connectivity index (χ2v) is 9.19. The summed E-state index contributed by atoms with van der Waals surface area (Å²) in [6.07, 6.45) is -6.52. The SMILES string of the molecule is COc1ccc(F)cc1C(C)(C)CC(O)(Cc1cc2cc(C(=O)NCCO)ccc2[nH]1)C(F)(F)F. The van der Waals surface area contributed by atoms with Crippen molar-refractivity contribution in [3.8, 4) is 5.75 Å². The summed E-state index contributed by atoms with van der Waals surface area (Å²) in [6, 6.07) is 9.62. The summed E-state index contributed by atoms with van der Waals surface area (Å²) in [4.78, 5) is 15.0. The number of aliphatic hydroxyl groups excluding tert-OH is 1. The summed E-state index contributed by atoms with van der Waals surface area (Å²) in [6.45, 7) is 2.82. The van der Waals surface area contributed by atoms with Crippen LogP contribution < -0.4 is 10.1 Å². The molecule has 1 aromatic heterocycles. The number of H-pyrrole nitrogens is 1. The van der Waals surface area contributed by atoms with E-state index in [1.54, 1.807) is 6.07 Å². The van der Waals surface area contributed by atoms with Crippen LogP contribution in [0.25, 0.3) is 10.9 Å². The van der Waals surface area contributed by atoms with Crippen LogP contribution in [0.1, 0.15) is 41.9 Å². The summed E-state index contributed by atoms with van der Waals surface area (Å²) in [7, 11) is 1.34. The number of nitrogens with one attached hydrogen (secondary N) is 2. The van der Waals surface area contributed by atoms with Crippen molar-refractivity contribution in [3.05, 3.63) is 65.1 Å². The summed E-state index contributed by atoms with van der Waals surface area (Å²) in [5.41, 5.74) is -3.35. The standard InChI is InChI=1S/C25H28F4N2O4/c1-23(2,19-12-17(26)5-7-21(19)35-3)14-24(34,25(27,28)29)13-18-11-16-10-15(4-6-20(16)31-18)22(33)30-8-9-32/h4-7,10-12,31-32,34H,8-9,13-14H2,1-3H3,(H,30,33). The quantitative estimate of drug-likeness (QED) is 0.334. The molecule has 1 amide bonds. The maximum Gasteiger partial charge on any atom is 0.417 e. The molecule has 0 saturated heterocycles. The number of hydrogen-bond donors (Lipinski definition) is 4. The number of methoxy groups -OCH3 is 1. The van der Waals surface area contributed by atoms with Gasteiger partial charge in [-0.05, 0) is 54.3 Å². The largest absolute Gasteiger partial charge is 0.496 e. The molecule has 0 spiro atoms. The van der Waals surface area contributed by atoms with Gasteiger partial charge in [0.05, 0.1) is 13.7 Å². The predicted molar refractivity (Wildman–Crippen MR) is 123 cm³/mol. The van der Waals surface area contributed by atoms with Crippen molar-refractivity contribution >= 4 is 16.8 Å². The molecule has 3 aromatic rings. The van der Waals surface area contributed by atoms with E-state index in [2.05, 4.69) is 10.3 Å². The molecule has 6 nitrogen and oxygen atoms in total. The third-order valence-corrected chi connectivity index (χ3v) is 5.97. The molecule has 0 fully saturated rings. The van der Waals surface area contributed by atoms with Gasteiger partial charge in [0.25, 0.3) is 5.91 Å². The highest BCUT2D eigenvalue weighted by Crippen LogP contribution is 2.45. The van der Waals surface area contributed by atoms with Crippen molar-refractivity contribution in [1.29, 1.82) is 0 Å². The van der Waals surface area contributed by atoms with Crippen molar-refractivity contribution in [3.63, 3.8) is 0 Å².